The zero-order valence-electron chi connectivity index (χ0n) is 7.42. The Hall–Kier alpha value is -0.850. The number of Topliss-reactive ketones (excluding diaryl/α,β-unsaturated/α-hetero) is 1. The molecule has 0 saturated heterocycles. The Labute approximate surface area is 95.6 Å². The van der Waals surface area contributed by atoms with E-state index in [0.29, 0.717) is 16.1 Å². The molecule has 0 fully saturated rings. The van der Waals surface area contributed by atoms with E-state index in [-0.39, 0.29) is 5.78 Å². The van der Waals surface area contributed by atoms with Crippen molar-refractivity contribution in [2.45, 2.75) is 11.8 Å². The summed E-state index contributed by atoms with van der Waals surface area (Å²) in [6.07, 6.45) is 0. The van der Waals surface area contributed by atoms with Crippen LogP contribution in [0.1, 0.15) is 22.9 Å². The summed E-state index contributed by atoms with van der Waals surface area (Å²) in [5, 5.41) is 9.33. The van der Waals surface area contributed by atoms with Gasteiger partial charge in [0.1, 0.15) is 5.78 Å². The van der Waals surface area contributed by atoms with Gasteiger partial charge in [0.25, 0.3) is 0 Å². The number of carbonyl (C=O) groups excluding carboxylic acids is 1. The number of nitriles is 1. The normalized spacial score (nSPS) is 11.9. The lowest BCUT2D eigenvalue weighted by Gasteiger charge is -2.08. The molecule has 0 aliphatic carbocycles. The standard InChI is InChI=1S/C10H7BrClNO/c1-6(14)10(11)9-3-2-8(12)4-7(9)5-13/h2-4,10H,1H3. The smallest absolute Gasteiger partial charge is 0.147 e. The fraction of sp³-hybridized carbons (Fsp3) is 0.200. The van der Waals surface area contributed by atoms with Gasteiger partial charge in [-0.15, -0.1) is 0 Å². The van der Waals surface area contributed by atoms with Gasteiger partial charge in [-0.1, -0.05) is 33.6 Å². The van der Waals surface area contributed by atoms with Crippen molar-refractivity contribution < 1.29 is 4.79 Å². The lowest BCUT2D eigenvalue weighted by Crippen LogP contribution is -2.03. The van der Waals surface area contributed by atoms with Crippen LogP contribution in [0.25, 0.3) is 0 Å². The summed E-state index contributed by atoms with van der Waals surface area (Å²) in [6, 6.07) is 6.90. The minimum Gasteiger partial charge on any atom is -0.298 e. The molecule has 0 saturated carbocycles. The van der Waals surface area contributed by atoms with Crippen LogP contribution in [0.2, 0.25) is 5.02 Å². The van der Waals surface area contributed by atoms with Crippen molar-refractivity contribution in [3.63, 3.8) is 0 Å². The third-order valence-corrected chi connectivity index (χ3v) is 3.14. The number of hydrogen-bond acceptors (Lipinski definition) is 2. The van der Waals surface area contributed by atoms with Crippen LogP contribution in [0.15, 0.2) is 18.2 Å². The molecule has 0 amide bonds. The average molecular weight is 273 g/mol. The molecule has 0 bridgehead atoms. The monoisotopic (exact) mass is 271 g/mol. The molecule has 1 rings (SSSR count). The van der Waals surface area contributed by atoms with Crippen molar-refractivity contribution >= 4 is 33.3 Å². The van der Waals surface area contributed by atoms with E-state index in [2.05, 4.69) is 15.9 Å². The first-order valence-corrected chi connectivity index (χ1v) is 5.19. The second-order valence-electron chi connectivity index (χ2n) is 2.82. The molecule has 1 aromatic carbocycles. The van der Waals surface area contributed by atoms with E-state index >= 15 is 0 Å². The molecule has 0 heterocycles. The maximum atomic E-state index is 11.1. The Bertz CT molecular complexity index is 411. The summed E-state index contributed by atoms with van der Waals surface area (Å²) in [5.74, 6) is -0.0381. The van der Waals surface area contributed by atoms with Gasteiger partial charge >= 0.3 is 0 Å². The highest BCUT2D eigenvalue weighted by molar-refractivity contribution is 9.09. The first kappa shape index (κ1) is 11.2. The van der Waals surface area contributed by atoms with Crippen molar-refractivity contribution in [3.05, 3.63) is 34.3 Å². The third-order valence-electron chi connectivity index (χ3n) is 1.77. The van der Waals surface area contributed by atoms with Crippen molar-refractivity contribution in [1.82, 2.24) is 0 Å². The summed E-state index contributed by atoms with van der Waals surface area (Å²) >= 11 is 8.95. The third kappa shape index (κ3) is 2.34. The Morgan fingerprint density at radius 3 is 2.79 bits per heavy atom. The quantitative estimate of drug-likeness (QED) is 0.776. The zero-order valence-corrected chi connectivity index (χ0v) is 9.76. The number of nitrogens with zero attached hydrogens (tertiary/aromatic N) is 1. The fourth-order valence-corrected chi connectivity index (χ4v) is 1.64. The maximum Gasteiger partial charge on any atom is 0.147 e. The summed E-state index contributed by atoms with van der Waals surface area (Å²) in [6.45, 7) is 1.47. The maximum absolute atomic E-state index is 11.1. The highest BCUT2D eigenvalue weighted by atomic mass is 79.9. The van der Waals surface area contributed by atoms with E-state index in [1.807, 2.05) is 6.07 Å². The van der Waals surface area contributed by atoms with Crippen LogP contribution in [0.3, 0.4) is 0 Å². The molecule has 0 aromatic heterocycles. The van der Waals surface area contributed by atoms with Gasteiger partial charge in [0.15, 0.2) is 0 Å². The van der Waals surface area contributed by atoms with Crippen molar-refractivity contribution in [3.8, 4) is 6.07 Å². The number of hydrogen-bond donors (Lipinski definition) is 0. The van der Waals surface area contributed by atoms with E-state index in [1.165, 1.54) is 6.92 Å². The van der Waals surface area contributed by atoms with Crippen LogP contribution in [-0.2, 0) is 4.79 Å². The van der Waals surface area contributed by atoms with Gasteiger partial charge in [0, 0.05) is 5.02 Å². The number of carbonyl (C=O) groups is 1. The van der Waals surface area contributed by atoms with Gasteiger partial charge in [-0.25, -0.2) is 0 Å². The lowest BCUT2D eigenvalue weighted by atomic mass is 10.0. The van der Waals surface area contributed by atoms with Gasteiger partial charge in [-0.3, -0.25) is 4.79 Å². The molecule has 14 heavy (non-hydrogen) atoms. The fourth-order valence-electron chi connectivity index (χ4n) is 1.07. The van der Waals surface area contributed by atoms with Crippen molar-refractivity contribution in [2.24, 2.45) is 0 Å². The van der Waals surface area contributed by atoms with Crippen LogP contribution in [0, 0.1) is 11.3 Å². The minimum absolute atomic E-state index is 0.0381. The number of rotatable bonds is 2. The Kier molecular flexibility index (Phi) is 3.68. The number of benzene rings is 1. The summed E-state index contributed by atoms with van der Waals surface area (Å²) in [4.78, 5) is 10.7. The first-order chi connectivity index (χ1) is 6.56. The van der Waals surface area contributed by atoms with Crippen LogP contribution >= 0.6 is 27.5 Å². The molecule has 0 aliphatic rings. The summed E-state index contributed by atoms with van der Waals surface area (Å²) in [5.41, 5.74) is 1.08. The number of halogens is 2. The second kappa shape index (κ2) is 4.59. The minimum atomic E-state index is -0.436. The van der Waals surface area contributed by atoms with E-state index < -0.39 is 4.83 Å². The first-order valence-electron chi connectivity index (χ1n) is 3.90. The molecular formula is C10H7BrClNO. The van der Waals surface area contributed by atoms with Crippen molar-refractivity contribution in [2.75, 3.05) is 0 Å². The zero-order chi connectivity index (χ0) is 10.7. The molecule has 1 aromatic rings. The number of ketones is 1. The molecule has 0 N–H and O–H groups in total. The molecule has 0 aliphatic heterocycles. The molecule has 1 atom stereocenters. The predicted octanol–water partition coefficient (Wildman–Crippen LogP) is 3.24. The highest BCUT2D eigenvalue weighted by Crippen LogP contribution is 2.28. The predicted molar refractivity (Wildman–Crippen MR) is 58.5 cm³/mol. The van der Waals surface area contributed by atoms with Gasteiger partial charge in [0.05, 0.1) is 16.5 Å². The van der Waals surface area contributed by atoms with Gasteiger partial charge in [-0.2, -0.15) is 5.26 Å². The largest absolute Gasteiger partial charge is 0.298 e. The lowest BCUT2D eigenvalue weighted by molar-refractivity contribution is -0.116. The number of alkyl halides is 1. The molecule has 0 spiro atoms. The van der Waals surface area contributed by atoms with E-state index in [0.717, 1.165) is 0 Å². The molecule has 0 radical (unpaired) electrons. The molecule has 4 heteroatoms. The van der Waals surface area contributed by atoms with E-state index in [1.54, 1.807) is 18.2 Å². The van der Waals surface area contributed by atoms with Crippen LogP contribution in [-0.4, -0.2) is 5.78 Å². The molecule has 2 nitrogen and oxygen atoms in total. The van der Waals surface area contributed by atoms with Gasteiger partial charge < -0.3 is 0 Å². The SMILES string of the molecule is CC(=O)C(Br)c1ccc(Cl)cc1C#N. The Morgan fingerprint density at radius 1 is 1.64 bits per heavy atom. The van der Waals surface area contributed by atoms with Gasteiger partial charge in [0.2, 0.25) is 0 Å². The Morgan fingerprint density at radius 2 is 2.29 bits per heavy atom. The summed E-state index contributed by atoms with van der Waals surface area (Å²) in [7, 11) is 0. The average Bonchev–Trinajstić information content (AvgIpc) is 2.16. The van der Waals surface area contributed by atoms with Gasteiger partial charge in [-0.05, 0) is 24.6 Å². The van der Waals surface area contributed by atoms with Crippen LogP contribution < -0.4 is 0 Å². The van der Waals surface area contributed by atoms with E-state index in [9.17, 15) is 4.79 Å². The Balaban J connectivity index is 3.22. The van der Waals surface area contributed by atoms with Crippen molar-refractivity contribution in [1.29, 1.82) is 5.26 Å². The van der Waals surface area contributed by atoms with E-state index in [4.69, 9.17) is 16.9 Å². The van der Waals surface area contributed by atoms with Crippen LogP contribution in [0.4, 0.5) is 0 Å². The summed E-state index contributed by atoms with van der Waals surface area (Å²) < 4.78 is 0. The van der Waals surface area contributed by atoms with Crippen LogP contribution in [0.5, 0.6) is 0 Å². The second-order valence-corrected chi connectivity index (χ2v) is 4.17. The topological polar surface area (TPSA) is 40.9 Å². The highest BCUT2D eigenvalue weighted by Gasteiger charge is 2.16. The molecular weight excluding hydrogens is 265 g/mol. The molecule has 72 valence electrons. The molecule has 1 unspecified atom stereocenters.